The van der Waals surface area contributed by atoms with Crippen LogP contribution in [0.2, 0.25) is 0 Å². The van der Waals surface area contributed by atoms with Gasteiger partial charge < -0.3 is 5.11 Å². The van der Waals surface area contributed by atoms with E-state index < -0.39 is 5.97 Å². The van der Waals surface area contributed by atoms with Crippen LogP contribution in [0.3, 0.4) is 0 Å². The topological polar surface area (TPSA) is 37.3 Å². The third kappa shape index (κ3) is 9.63. The molecule has 0 radical (unpaired) electrons. The molecule has 0 rings (SSSR count). The van der Waals surface area contributed by atoms with Crippen molar-refractivity contribution in [3.63, 3.8) is 0 Å². The van der Waals surface area contributed by atoms with E-state index in [1.807, 2.05) is 13.8 Å². The van der Waals surface area contributed by atoms with E-state index in [1.54, 1.807) is 0 Å². The SMILES string of the molecule is CC(C)CC(=O)O.[Cd]. The Morgan fingerprint density at radius 3 is 2.00 bits per heavy atom. The van der Waals surface area contributed by atoms with Crippen molar-refractivity contribution < 1.29 is 37.2 Å². The van der Waals surface area contributed by atoms with Crippen molar-refractivity contribution in [3.05, 3.63) is 0 Å². The average molecular weight is 215 g/mol. The fourth-order valence-electron chi connectivity index (χ4n) is 0.349. The van der Waals surface area contributed by atoms with Crippen molar-refractivity contribution >= 4 is 5.97 Å². The van der Waals surface area contributed by atoms with Gasteiger partial charge in [-0.3, -0.25) is 4.79 Å². The van der Waals surface area contributed by atoms with E-state index in [1.165, 1.54) is 0 Å². The van der Waals surface area contributed by atoms with Crippen molar-refractivity contribution in [1.82, 2.24) is 0 Å². The van der Waals surface area contributed by atoms with E-state index >= 15 is 0 Å². The monoisotopic (exact) mass is 216 g/mol. The van der Waals surface area contributed by atoms with Crippen LogP contribution in [-0.4, -0.2) is 11.1 Å². The quantitative estimate of drug-likeness (QED) is 0.700. The van der Waals surface area contributed by atoms with Crippen molar-refractivity contribution in [1.29, 1.82) is 0 Å². The Bertz CT molecular complexity index is 70.8. The number of hydrogen-bond acceptors (Lipinski definition) is 1. The first kappa shape index (κ1) is 11.2. The molecule has 1 N–H and O–H groups in total. The first-order valence-electron chi connectivity index (χ1n) is 2.34. The molecule has 0 aromatic rings. The molecule has 0 saturated carbocycles. The minimum atomic E-state index is -0.713. The van der Waals surface area contributed by atoms with E-state index in [2.05, 4.69) is 0 Å². The van der Waals surface area contributed by atoms with Crippen molar-refractivity contribution in [3.8, 4) is 0 Å². The number of carbonyl (C=O) groups is 1. The van der Waals surface area contributed by atoms with Gasteiger partial charge in [0.25, 0.3) is 0 Å². The van der Waals surface area contributed by atoms with Crippen LogP contribution in [0, 0.1) is 5.92 Å². The second-order valence-electron chi connectivity index (χ2n) is 1.99. The smallest absolute Gasteiger partial charge is 0.303 e. The van der Waals surface area contributed by atoms with E-state index in [-0.39, 0.29) is 39.6 Å². The summed E-state index contributed by atoms with van der Waals surface area (Å²) in [6, 6.07) is 0. The molecule has 0 aromatic carbocycles. The van der Waals surface area contributed by atoms with Crippen LogP contribution in [0.15, 0.2) is 0 Å². The summed E-state index contributed by atoms with van der Waals surface area (Å²) in [6.07, 6.45) is 0.278. The zero-order valence-corrected chi connectivity index (χ0v) is 9.38. The molecular weight excluding hydrogens is 204 g/mol. The normalized spacial score (nSPS) is 8.38. The van der Waals surface area contributed by atoms with Gasteiger partial charge >= 0.3 is 5.97 Å². The summed E-state index contributed by atoms with van der Waals surface area (Å²) in [5, 5.41) is 8.08. The maximum Gasteiger partial charge on any atom is 0.303 e. The van der Waals surface area contributed by atoms with Gasteiger partial charge in [0.15, 0.2) is 0 Å². The van der Waals surface area contributed by atoms with Crippen LogP contribution < -0.4 is 0 Å². The minimum absolute atomic E-state index is 0. The summed E-state index contributed by atoms with van der Waals surface area (Å²) >= 11 is 0. The molecule has 44 valence electrons. The number of aliphatic carboxylic acids is 1. The molecule has 0 spiro atoms. The van der Waals surface area contributed by atoms with Crippen molar-refractivity contribution in [2.75, 3.05) is 0 Å². The van der Waals surface area contributed by atoms with Crippen LogP contribution in [0.25, 0.3) is 0 Å². The van der Waals surface area contributed by atoms with Crippen LogP contribution in [0.1, 0.15) is 20.3 Å². The average Bonchev–Trinajstić information content (AvgIpc) is 1.27. The minimum Gasteiger partial charge on any atom is -0.481 e. The summed E-state index contributed by atoms with van der Waals surface area (Å²) < 4.78 is 0. The summed E-state index contributed by atoms with van der Waals surface area (Å²) in [5.74, 6) is -0.438. The Labute approximate surface area is 69.4 Å². The van der Waals surface area contributed by atoms with E-state index in [9.17, 15) is 4.79 Å². The largest absolute Gasteiger partial charge is 0.481 e. The molecule has 0 aliphatic rings. The van der Waals surface area contributed by atoms with Gasteiger partial charge in [-0.15, -0.1) is 0 Å². The maximum atomic E-state index is 9.81. The molecule has 0 bridgehead atoms. The van der Waals surface area contributed by atoms with E-state index in [0.717, 1.165) is 0 Å². The molecule has 0 heterocycles. The molecule has 0 aliphatic heterocycles. The number of rotatable bonds is 2. The number of hydrogen-bond donors (Lipinski definition) is 1. The fourth-order valence-corrected chi connectivity index (χ4v) is 0.349. The van der Waals surface area contributed by atoms with Gasteiger partial charge in [0.2, 0.25) is 0 Å². The zero-order chi connectivity index (χ0) is 5.86. The fraction of sp³-hybridized carbons (Fsp3) is 0.800. The van der Waals surface area contributed by atoms with Gasteiger partial charge in [-0.1, -0.05) is 13.8 Å². The Balaban J connectivity index is 0. The van der Waals surface area contributed by atoms with Gasteiger partial charge in [0.1, 0.15) is 0 Å². The van der Waals surface area contributed by atoms with Crippen LogP contribution in [-0.2, 0) is 32.1 Å². The molecule has 0 aliphatic carbocycles. The Hall–Kier alpha value is 0.392. The number of carboxylic acid groups (broad SMARTS) is 1. The van der Waals surface area contributed by atoms with Gasteiger partial charge in [-0.25, -0.2) is 0 Å². The van der Waals surface area contributed by atoms with E-state index in [0.29, 0.717) is 0 Å². The first-order valence-corrected chi connectivity index (χ1v) is 2.34. The van der Waals surface area contributed by atoms with Crippen LogP contribution in [0.4, 0.5) is 0 Å². The third-order valence-corrected chi connectivity index (χ3v) is 0.583. The Kier molecular flexibility index (Phi) is 7.75. The van der Waals surface area contributed by atoms with Crippen molar-refractivity contribution in [2.45, 2.75) is 20.3 Å². The predicted molar refractivity (Wildman–Crippen MR) is 27.1 cm³/mol. The predicted octanol–water partition coefficient (Wildman–Crippen LogP) is 1.11. The molecule has 8 heavy (non-hydrogen) atoms. The van der Waals surface area contributed by atoms with Gasteiger partial charge in [0, 0.05) is 33.7 Å². The van der Waals surface area contributed by atoms with Crippen molar-refractivity contribution in [2.24, 2.45) is 5.92 Å². The molecule has 0 fully saturated rings. The molecule has 0 unspecified atom stereocenters. The molecule has 0 aromatic heterocycles. The van der Waals surface area contributed by atoms with Crippen LogP contribution in [0.5, 0.6) is 0 Å². The molecular formula is C5H10CdO2. The summed E-state index contributed by atoms with van der Waals surface area (Å²) in [4.78, 5) is 9.81. The second-order valence-corrected chi connectivity index (χ2v) is 1.99. The molecule has 0 saturated heterocycles. The Morgan fingerprint density at radius 1 is 1.62 bits per heavy atom. The first-order chi connectivity index (χ1) is 3.13. The van der Waals surface area contributed by atoms with Crippen LogP contribution >= 0.6 is 0 Å². The Morgan fingerprint density at radius 2 is 2.00 bits per heavy atom. The van der Waals surface area contributed by atoms with Gasteiger partial charge in [0.05, 0.1) is 0 Å². The molecule has 0 atom stereocenters. The maximum absolute atomic E-state index is 9.81. The standard InChI is InChI=1S/C5H10O2.Cd/c1-4(2)3-5(6)7;/h4H,3H2,1-2H3,(H,6,7);. The molecule has 0 amide bonds. The number of carboxylic acids is 1. The summed E-state index contributed by atoms with van der Waals surface area (Å²) in [5.41, 5.74) is 0. The molecule has 2 nitrogen and oxygen atoms in total. The summed E-state index contributed by atoms with van der Waals surface area (Å²) in [6.45, 7) is 3.77. The molecule has 3 heteroatoms. The second kappa shape index (κ2) is 5.53. The van der Waals surface area contributed by atoms with Gasteiger partial charge in [-0.2, -0.15) is 0 Å². The van der Waals surface area contributed by atoms with E-state index in [4.69, 9.17) is 5.11 Å². The summed E-state index contributed by atoms with van der Waals surface area (Å²) in [7, 11) is 0. The zero-order valence-electron chi connectivity index (χ0n) is 5.35. The third-order valence-electron chi connectivity index (χ3n) is 0.583. The van der Waals surface area contributed by atoms with Gasteiger partial charge in [-0.05, 0) is 5.92 Å².